The van der Waals surface area contributed by atoms with Gasteiger partial charge in [0.15, 0.2) is 0 Å². The van der Waals surface area contributed by atoms with Crippen LogP contribution < -0.4 is 10.2 Å². The van der Waals surface area contributed by atoms with Gasteiger partial charge in [-0.05, 0) is 16.9 Å². The number of rotatable bonds is 2. The minimum Gasteiger partial charge on any atom is -0.496 e. The molecule has 0 aromatic heterocycles. The largest absolute Gasteiger partial charge is 0.496 e. The molecule has 0 aliphatic carbocycles. The van der Waals surface area contributed by atoms with E-state index in [0.717, 1.165) is 22.0 Å². The molecule has 20 heavy (non-hydrogen) atoms. The fraction of sp³-hybridized carbons (Fsp3) is 0.375. The monoisotopic (exact) mass is 270 g/mol. The predicted molar refractivity (Wildman–Crippen MR) is 81.6 cm³/mol. The van der Waals surface area contributed by atoms with Crippen LogP contribution in [0.3, 0.4) is 0 Å². The highest BCUT2D eigenvalue weighted by Crippen LogP contribution is 2.26. The van der Waals surface area contributed by atoms with Crippen molar-refractivity contribution in [3.05, 3.63) is 36.4 Å². The first-order chi connectivity index (χ1) is 9.61. The van der Waals surface area contributed by atoms with E-state index in [1.54, 1.807) is 7.11 Å². The first kappa shape index (κ1) is 13.5. The molecule has 2 aromatic carbocycles. The normalized spacial score (nSPS) is 18.2. The standard InChI is InChI=1S/C16H19BO3/c1-16(2)10-19-17(20-11-16)14-8-4-7-13-12(14)6-5-9-15(13)18-3/h4-9H,10-11H2,1-3H3. The Balaban J connectivity index is 2.00. The van der Waals surface area contributed by atoms with Gasteiger partial charge in [-0.3, -0.25) is 0 Å². The van der Waals surface area contributed by atoms with Gasteiger partial charge in [0.05, 0.1) is 7.11 Å². The van der Waals surface area contributed by atoms with E-state index in [9.17, 15) is 0 Å². The zero-order valence-corrected chi connectivity index (χ0v) is 12.2. The lowest BCUT2D eigenvalue weighted by atomic mass is 9.73. The van der Waals surface area contributed by atoms with Crippen molar-refractivity contribution in [3.63, 3.8) is 0 Å². The van der Waals surface area contributed by atoms with Crippen molar-refractivity contribution in [2.45, 2.75) is 13.8 Å². The van der Waals surface area contributed by atoms with Crippen LogP contribution in [0.1, 0.15) is 13.8 Å². The summed E-state index contributed by atoms with van der Waals surface area (Å²) in [5.41, 5.74) is 1.15. The van der Waals surface area contributed by atoms with Crippen LogP contribution in [-0.4, -0.2) is 27.4 Å². The van der Waals surface area contributed by atoms with Crippen molar-refractivity contribution in [1.29, 1.82) is 0 Å². The topological polar surface area (TPSA) is 27.7 Å². The predicted octanol–water partition coefficient (Wildman–Crippen LogP) is 2.62. The molecule has 0 atom stereocenters. The molecule has 3 nitrogen and oxygen atoms in total. The number of hydrogen-bond acceptors (Lipinski definition) is 3. The van der Waals surface area contributed by atoms with Gasteiger partial charge >= 0.3 is 7.12 Å². The molecule has 1 aliphatic heterocycles. The first-order valence-electron chi connectivity index (χ1n) is 6.89. The molecular formula is C16H19BO3. The third-order valence-electron chi connectivity index (χ3n) is 3.64. The number of fused-ring (bicyclic) bond motifs is 1. The van der Waals surface area contributed by atoms with Crippen molar-refractivity contribution in [2.24, 2.45) is 5.41 Å². The summed E-state index contributed by atoms with van der Waals surface area (Å²) in [7, 11) is 1.40. The van der Waals surface area contributed by atoms with Gasteiger partial charge in [0.1, 0.15) is 5.75 Å². The highest BCUT2D eigenvalue weighted by atomic mass is 16.6. The second-order valence-electron chi connectivity index (χ2n) is 6.02. The van der Waals surface area contributed by atoms with E-state index in [4.69, 9.17) is 14.0 Å². The van der Waals surface area contributed by atoms with E-state index in [1.807, 2.05) is 18.2 Å². The second-order valence-corrected chi connectivity index (χ2v) is 6.02. The maximum absolute atomic E-state index is 5.90. The van der Waals surface area contributed by atoms with E-state index in [1.165, 1.54) is 0 Å². The number of benzene rings is 2. The molecule has 0 bridgehead atoms. The SMILES string of the molecule is COc1cccc2c(B3OCC(C)(C)CO3)cccc12. The zero-order valence-electron chi connectivity index (χ0n) is 12.2. The van der Waals surface area contributed by atoms with Gasteiger partial charge in [-0.25, -0.2) is 0 Å². The van der Waals surface area contributed by atoms with Crippen LogP contribution in [0.2, 0.25) is 0 Å². The molecule has 104 valence electrons. The molecule has 2 aromatic rings. The van der Waals surface area contributed by atoms with Crippen molar-refractivity contribution < 1.29 is 14.0 Å². The highest BCUT2D eigenvalue weighted by Gasteiger charge is 2.34. The molecule has 0 radical (unpaired) electrons. The Morgan fingerprint density at radius 1 is 1.00 bits per heavy atom. The maximum atomic E-state index is 5.90. The molecule has 0 amide bonds. The summed E-state index contributed by atoms with van der Waals surface area (Å²) >= 11 is 0. The molecule has 1 heterocycles. The summed E-state index contributed by atoms with van der Waals surface area (Å²) in [6.45, 7) is 5.71. The van der Waals surface area contributed by atoms with E-state index in [-0.39, 0.29) is 12.5 Å². The molecule has 0 spiro atoms. The molecule has 3 rings (SSSR count). The highest BCUT2D eigenvalue weighted by molar-refractivity contribution is 6.64. The Morgan fingerprint density at radius 3 is 2.35 bits per heavy atom. The molecule has 1 fully saturated rings. The fourth-order valence-corrected chi connectivity index (χ4v) is 2.56. The van der Waals surface area contributed by atoms with Gasteiger partial charge in [-0.2, -0.15) is 0 Å². The van der Waals surface area contributed by atoms with E-state index >= 15 is 0 Å². The number of ether oxygens (including phenoxy) is 1. The van der Waals surface area contributed by atoms with Gasteiger partial charge in [0.2, 0.25) is 0 Å². The Kier molecular flexibility index (Phi) is 3.44. The average molecular weight is 270 g/mol. The van der Waals surface area contributed by atoms with E-state index in [0.29, 0.717) is 13.2 Å². The zero-order chi connectivity index (χ0) is 14.2. The number of hydrogen-bond donors (Lipinski definition) is 0. The van der Waals surface area contributed by atoms with Crippen LogP contribution >= 0.6 is 0 Å². The van der Waals surface area contributed by atoms with Crippen LogP contribution in [0.4, 0.5) is 0 Å². The minimum absolute atomic E-state index is 0.0821. The lowest BCUT2D eigenvalue weighted by Crippen LogP contribution is -2.47. The fourth-order valence-electron chi connectivity index (χ4n) is 2.56. The van der Waals surface area contributed by atoms with Crippen molar-refractivity contribution in [2.75, 3.05) is 20.3 Å². The van der Waals surface area contributed by atoms with Crippen molar-refractivity contribution >= 4 is 23.4 Å². The van der Waals surface area contributed by atoms with Gasteiger partial charge < -0.3 is 14.0 Å². The summed E-state index contributed by atoms with van der Waals surface area (Å²) in [5, 5.41) is 2.21. The van der Waals surface area contributed by atoms with E-state index < -0.39 is 0 Å². The molecule has 0 saturated carbocycles. The Hall–Kier alpha value is -1.52. The molecule has 4 heteroatoms. The molecule has 1 aliphatic rings. The van der Waals surface area contributed by atoms with Crippen molar-refractivity contribution in [3.8, 4) is 5.75 Å². The molecule has 1 saturated heterocycles. The minimum atomic E-state index is -0.293. The van der Waals surface area contributed by atoms with Crippen LogP contribution in [0.15, 0.2) is 36.4 Å². The van der Waals surface area contributed by atoms with Gasteiger partial charge in [-0.1, -0.05) is 44.2 Å². The lowest BCUT2D eigenvalue weighted by molar-refractivity contribution is 0.0344. The summed E-state index contributed by atoms with van der Waals surface area (Å²) in [4.78, 5) is 0. The Labute approximate surface area is 120 Å². The van der Waals surface area contributed by atoms with Gasteiger partial charge in [0.25, 0.3) is 0 Å². The Morgan fingerprint density at radius 2 is 1.65 bits per heavy atom. The van der Waals surface area contributed by atoms with E-state index in [2.05, 4.69) is 32.0 Å². The van der Waals surface area contributed by atoms with Crippen molar-refractivity contribution in [1.82, 2.24) is 0 Å². The smallest absolute Gasteiger partial charge is 0.494 e. The third-order valence-corrected chi connectivity index (χ3v) is 3.64. The first-order valence-corrected chi connectivity index (χ1v) is 6.89. The van der Waals surface area contributed by atoms with Gasteiger partial charge in [-0.15, -0.1) is 0 Å². The lowest BCUT2D eigenvalue weighted by Gasteiger charge is -2.33. The third kappa shape index (κ3) is 2.41. The average Bonchev–Trinajstić information content (AvgIpc) is 2.46. The summed E-state index contributed by atoms with van der Waals surface area (Å²) in [6.07, 6.45) is 0. The summed E-state index contributed by atoms with van der Waals surface area (Å²) < 4.78 is 17.2. The summed E-state index contributed by atoms with van der Waals surface area (Å²) in [6, 6.07) is 12.2. The van der Waals surface area contributed by atoms with Crippen LogP contribution in [0.5, 0.6) is 5.75 Å². The molecule has 0 unspecified atom stereocenters. The summed E-state index contributed by atoms with van der Waals surface area (Å²) in [5.74, 6) is 0.875. The van der Waals surface area contributed by atoms with Crippen LogP contribution in [-0.2, 0) is 9.31 Å². The molecular weight excluding hydrogens is 251 g/mol. The van der Waals surface area contributed by atoms with Gasteiger partial charge in [0, 0.05) is 24.0 Å². The van der Waals surface area contributed by atoms with Crippen LogP contribution in [0, 0.1) is 5.41 Å². The maximum Gasteiger partial charge on any atom is 0.494 e. The quantitative estimate of drug-likeness (QED) is 0.785. The molecule has 0 N–H and O–H groups in total. The van der Waals surface area contributed by atoms with Crippen LogP contribution in [0.25, 0.3) is 10.8 Å². The second kappa shape index (κ2) is 5.11. The number of methoxy groups -OCH3 is 1. The Bertz CT molecular complexity index is 614.